The van der Waals surface area contributed by atoms with Gasteiger partial charge in [-0.05, 0) is 18.1 Å². The van der Waals surface area contributed by atoms with Crippen molar-refractivity contribution in [2.45, 2.75) is 19.0 Å². The summed E-state index contributed by atoms with van der Waals surface area (Å²) in [5.41, 5.74) is 9.00. The lowest BCUT2D eigenvalue weighted by molar-refractivity contribution is 0.328. The minimum Gasteiger partial charge on any atom is -0.396 e. The highest BCUT2D eigenvalue weighted by Crippen LogP contribution is 2.21. The number of nitrogens with one attached hydrogen (secondary N) is 1. The van der Waals surface area contributed by atoms with Crippen LogP contribution < -0.4 is 11.1 Å². The van der Waals surface area contributed by atoms with Crippen LogP contribution in [0, 0.1) is 0 Å². The van der Waals surface area contributed by atoms with Crippen molar-refractivity contribution in [1.82, 2.24) is 9.88 Å². The molecule has 1 aliphatic rings. The minimum atomic E-state index is 0.461. The van der Waals surface area contributed by atoms with E-state index in [0.717, 1.165) is 31.7 Å². The van der Waals surface area contributed by atoms with E-state index in [1.807, 2.05) is 6.07 Å². The number of likely N-dealkylation sites (tertiary alicyclic amines) is 1. The molecule has 1 aromatic heterocycles. The maximum atomic E-state index is 5.92. The molecule has 1 saturated heterocycles. The minimum absolute atomic E-state index is 0.461. The fourth-order valence-electron chi connectivity index (χ4n) is 2.69. The second-order valence-corrected chi connectivity index (χ2v) is 5.31. The lowest BCUT2D eigenvalue weighted by Crippen LogP contribution is -2.26. The van der Waals surface area contributed by atoms with Crippen LogP contribution >= 0.6 is 0 Å². The number of hydrogen-bond acceptors (Lipinski definition) is 4. The lowest BCUT2D eigenvalue weighted by Gasteiger charge is -2.18. The number of nitrogen functional groups attached to an aromatic ring is 1. The first-order valence-corrected chi connectivity index (χ1v) is 7.03. The predicted octanol–water partition coefficient (Wildman–Crippen LogP) is 2.35. The third-order valence-electron chi connectivity index (χ3n) is 3.73. The third kappa shape index (κ3) is 3.08. The topological polar surface area (TPSA) is 54.2 Å². The standard InChI is InChI=1S/C16H20N4/c17-15-10-18-8-6-16(15)19-14-7-9-20(12-14)11-13-4-2-1-3-5-13/h1-6,8,10,14H,7,9,11-12,17H2,(H,18,19)/t14-/m1/s1. The Kier molecular flexibility index (Phi) is 3.83. The molecule has 0 spiro atoms. The predicted molar refractivity (Wildman–Crippen MR) is 82.4 cm³/mol. The van der Waals surface area contributed by atoms with E-state index in [1.54, 1.807) is 12.4 Å². The molecule has 2 heterocycles. The van der Waals surface area contributed by atoms with Crippen molar-refractivity contribution in [3.05, 3.63) is 54.4 Å². The zero-order chi connectivity index (χ0) is 13.8. The van der Waals surface area contributed by atoms with Gasteiger partial charge < -0.3 is 11.1 Å². The summed E-state index contributed by atoms with van der Waals surface area (Å²) >= 11 is 0. The second-order valence-electron chi connectivity index (χ2n) is 5.31. The quantitative estimate of drug-likeness (QED) is 0.893. The van der Waals surface area contributed by atoms with Gasteiger partial charge in [0.05, 0.1) is 17.6 Å². The number of hydrogen-bond donors (Lipinski definition) is 2. The molecule has 0 amide bonds. The smallest absolute Gasteiger partial charge is 0.0736 e. The molecular weight excluding hydrogens is 248 g/mol. The third-order valence-corrected chi connectivity index (χ3v) is 3.73. The first-order chi connectivity index (χ1) is 9.81. The molecule has 3 rings (SSSR count). The Morgan fingerprint density at radius 1 is 1.25 bits per heavy atom. The number of nitrogens with zero attached hydrogens (tertiary/aromatic N) is 2. The van der Waals surface area contributed by atoms with Crippen LogP contribution in [0.5, 0.6) is 0 Å². The fraction of sp³-hybridized carbons (Fsp3) is 0.312. The largest absolute Gasteiger partial charge is 0.396 e. The average Bonchev–Trinajstić information content (AvgIpc) is 2.90. The molecule has 0 aliphatic carbocycles. The summed E-state index contributed by atoms with van der Waals surface area (Å²) in [6.45, 7) is 3.19. The number of anilines is 2. The van der Waals surface area contributed by atoms with Crippen LogP contribution in [0.4, 0.5) is 11.4 Å². The molecule has 4 nitrogen and oxygen atoms in total. The van der Waals surface area contributed by atoms with E-state index in [1.165, 1.54) is 5.56 Å². The van der Waals surface area contributed by atoms with Crippen molar-refractivity contribution in [3.8, 4) is 0 Å². The van der Waals surface area contributed by atoms with E-state index in [2.05, 4.69) is 45.5 Å². The van der Waals surface area contributed by atoms with Gasteiger partial charge in [0, 0.05) is 31.9 Å². The Morgan fingerprint density at radius 2 is 2.10 bits per heavy atom. The molecule has 20 heavy (non-hydrogen) atoms. The summed E-state index contributed by atoms with van der Waals surface area (Å²) in [6, 6.07) is 13.0. The van der Waals surface area contributed by atoms with E-state index in [-0.39, 0.29) is 0 Å². The van der Waals surface area contributed by atoms with Crippen LogP contribution in [0.15, 0.2) is 48.8 Å². The SMILES string of the molecule is Nc1cnccc1N[C@@H]1CCN(Cc2ccccc2)C1. The number of benzene rings is 1. The van der Waals surface area contributed by atoms with Crippen LogP contribution in [-0.4, -0.2) is 29.0 Å². The highest BCUT2D eigenvalue weighted by atomic mass is 15.2. The van der Waals surface area contributed by atoms with Gasteiger partial charge >= 0.3 is 0 Å². The Hall–Kier alpha value is -2.07. The van der Waals surface area contributed by atoms with Gasteiger partial charge in [0.25, 0.3) is 0 Å². The summed E-state index contributed by atoms with van der Waals surface area (Å²) in [5, 5.41) is 3.52. The molecule has 1 aromatic carbocycles. The van der Waals surface area contributed by atoms with E-state index < -0.39 is 0 Å². The van der Waals surface area contributed by atoms with Crippen LogP contribution in [0.25, 0.3) is 0 Å². The number of pyridine rings is 1. The number of rotatable bonds is 4. The van der Waals surface area contributed by atoms with Gasteiger partial charge in [0.15, 0.2) is 0 Å². The summed E-state index contributed by atoms with van der Waals surface area (Å²) < 4.78 is 0. The van der Waals surface area contributed by atoms with Crippen LogP contribution in [0.1, 0.15) is 12.0 Å². The Labute approximate surface area is 119 Å². The van der Waals surface area contributed by atoms with Gasteiger partial charge in [-0.25, -0.2) is 0 Å². The normalized spacial score (nSPS) is 19.1. The molecule has 0 unspecified atom stereocenters. The first-order valence-electron chi connectivity index (χ1n) is 7.03. The van der Waals surface area contributed by atoms with Crippen LogP contribution in [0.2, 0.25) is 0 Å². The van der Waals surface area contributed by atoms with Crippen LogP contribution in [0.3, 0.4) is 0 Å². The van der Waals surface area contributed by atoms with Crippen molar-refractivity contribution in [3.63, 3.8) is 0 Å². The van der Waals surface area contributed by atoms with E-state index >= 15 is 0 Å². The van der Waals surface area contributed by atoms with Crippen LogP contribution in [-0.2, 0) is 6.54 Å². The number of nitrogens with two attached hydrogens (primary N) is 1. The zero-order valence-electron chi connectivity index (χ0n) is 11.5. The highest BCUT2D eigenvalue weighted by molar-refractivity contribution is 5.64. The van der Waals surface area contributed by atoms with Gasteiger partial charge in [-0.1, -0.05) is 30.3 Å². The average molecular weight is 268 g/mol. The maximum Gasteiger partial charge on any atom is 0.0736 e. The lowest BCUT2D eigenvalue weighted by atomic mass is 10.2. The fourth-order valence-corrected chi connectivity index (χ4v) is 2.69. The molecule has 0 saturated carbocycles. The van der Waals surface area contributed by atoms with Gasteiger partial charge in [-0.2, -0.15) is 0 Å². The van der Waals surface area contributed by atoms with Crippen molar-refractivity contribution in [2.24, 2.45) is 0 Å². The Bertz CT molecular complexity index is 555. The molecule has 1 atom stereocenters. The van der Waals surface area contributed by atoms with Crippen molar-refractivity contribution < 1.29 is 0 Å². The summed E-state index contributed by atoms with van der Waals surface area (Å²) in [4.78, 5) is 6.49. The molecule has 2 aromatic rings. The maximum absolute atomic E-state index is 5.92. The highest BCUT2D eigenvalue weighted by Gasteiger charge is 2.22. The first kappa shape index (κ1) is 12.9. The molecule has 0 bridgehead atoms. The molecule has 3 N–H and O–H groups in total. The molecule has 1 fully saturated rings. The van der Waals surface area contributed by atoms with E-state index in [4.69, 9.17) is 5.73 Å². The number of aromatic nitrogens is 1. The molecular formula is C16H20N4. The monoisotopic (exact) mass is 268 g/mol. The second kappa shape index (κ2) is 5.92. The van der Waals surface area contributed by atoms with Crippen molar-refractivity contribution in [2.75, 3.05) is 24.1 Å². The molecule has 0 radical (unpaired) electrons. The van der Waals surface area contributed by atoms with Crippen molar-refractivity contribution >= 4 is 11.4 Å². The summed E-state index contributed by atoms with van der Waals surface area (Å²) in [7, 11) is 0. The zero-order valence-corrected chi connectivity index (χ0v) is 11.5. The van der Waals surface area contributed by atoms with E-state index in [9.17, 15) is 0 Å². The summed E-state index contributed by atoms with van der Waals surface area (Å²) in [5.74, 6) is 0. The molecule has 104 valence electrons. The van der Waals surface area contributed by atoms with E-state index in [0.29, 0.717) is 11.7 Å². The Balaban J connectivity index is 1.56. The van der Waals surface area contributed by atoms with Gasteiger partial charge in [-0.15, -0.1) is 0 Å². The van der Waals surface area contributed by atoms with Gasteiger partial charge in [0.1, 0.15) is 0 Å². The molecule has 4 heteroatoms. The van der Waals surface area contributed by atoms with Gasteiger partial charge in [0.2, 0.25) is 0 Å². The Morgan fingerprint density at radius 3 is 2.90 bits per heavy atom. The summed E-state index contributed by atoms with van der Waals surface area (Å²) in [6.07, 6.45) is 4.61. The molecule has 1 aliphatic heterocycles. The van der Waals surface area contributed by atoms with Crippen molar-refractivity contribution in [1.29, 1.82) is 0 Å². The van der Waals surface area contributed by atoms with Gasteiger partial charge in [-0.3, -0.25) is 9.88 Å².